The maximum absolute atomic E-state index is 4.30. The monoisotopic (exact) mass is 251 g/mol. The van der Waals surface area contributed by atoms with Crippen LogP contribution >= 0.6 is 11.3 Å². The first kappa shape index (κ1) is 11.6. The quantitative estimate of drug-likeness (QED) is 0.889. The number of hydrogen-bond donors (Lipinski definition) is 1. The largest absolute Gasteiger partial charge is 0.308 e. The predicted octanol–water partition coefficient (Wildman–Crippen LogP) is 2.17. The highest BCUT2D eigenvalue weighted by Gasteiger charge is 2.38. The second-order valence-corrected chi connectivity index (χ2v) is 6.39. The Bertz CT molecular complexity index is 386. The summed E-state index contributed by atoms with van der Waals surface area (Å²) in [5, 5.41) is 3.70. The third-order valence-corrected chi connectivity index (χ3v) is 4.97. The highest BCUT2D eigenvalue weighted by atomic mass is 32.1. The highest BCUT2D eigenvalue weighted by Crippen LogP contribution is 2.33. The molecule has 2 heterocycles. The summed E-state index contributed by atoms with van der Waals surface area (Å²) in [6.07, 6.45) is 4.14. The van der Waals surface area contributed by atoms with Crippen LogP contribution in [0.2, 0.25) is 0 Å². The Morgan fingerprint density at radius 1 is 1.53 bits per heavy atom. The van der Waals surface area contributed by atoms with Crippen molar-refractivity contribution in [3.63, 3.8) is 0 Å². The fraction of sp³-hybridized carbons (Fsp3) is 0.769. The van der Waals surface area contributed by atoms with Crippen molar-refractivity contribution in [3.05, 3.63) is 16.1 Å². The van der Waals surface area contributed by atoms with Gasteiger partial charge in [-0.25, -0.2) is 4.98 Å². The van der Waals surface area contributed by atoms with E-state index in [4.69, 9.17) is 0 Å². The molecule has 2 unspecified atom stereocenters. The van der Waals surface area contributed by atoms with E-state index < -0.39 is 0 Å². The molecule has 2 atom stereocenters. The Morgan fingerprint density at radius 2 is 2.35 bits per heavy atom. The van der Waals surface area contributed by atoms with Gasteiger partial charge in [0.15, 0.2) is 0 Å². The second kappa shape index (κ2) is 4.67. The zero-order valence-corrected chi connectivity index (χ0v) is 11.5. The molecule has 3 nitrogen and oxygen atoms in total. The van der Waals surface area contributed by atoms with Gasteiger partial charge in [0.05, 0.1) is 11.2 Å². The number of aryl methyl sites for hydroxylation is 1. The number of thiazole rings is 1. The molecule has 3 rings (SSSR count). The van der Waals surface area contributed by atoms with Crippen LogP contribution in [-0.2, 0) is 6.54 Å². The molecule has 94 valence electrons. The van der Waals surface area contributed by atoms with Gasteiger partial charge in [-0.15, -0.1) is 11.3 Å². The Balaban J connectivity index is 1.51. The minimum Gasteiger partial charge on any atom is -0.308 e. The van der Waals surface area contributed by atoms with E-state index in [1.807, 2.05) is 5.51 Å². The van der Waals surface area contributed by atoms with Crippen molar-refractivity contribution in [2.75, 3.05) is 6.54 Å². The zero-order valence-electron chi connectivity index (χ0n) is 10.6. The molecule has 1 aliphatic heterocycles. The van der Waals surface area contributed by atoms with Crippen LogP contribution in [0.1, 0.15) is 36.8 Å². The molecule has 1 saturated carbocycles. The summed E-state index contributed by atoms with van der Waals surface area (Å²) in [4.78, 5) is 8.38. The van der Waals surface area contributed by atoms with Crippen LogP contribution in [0.15, 0.2) is 5.51 Å². The van der Waals surface area contributed by atoms with Gasteiger partial charge in [-0.3, -0.25) is 4.90 Å². The Kier molecular flexibility index (Phi) is 3.19. The number of aromatic nitrogens is 1. The van der Waals surface area contributed by atoms with E-state index >= 15 is 0 Å². The lowest BCUT2D eigenvalue weighted by Gasteiger charge is -2.19. The van der Waals surface area contributed by atoms with Crippen molar-refractivity contribution in [3.8, 4) is 0 Å². The standard InChI is InChI=1S/C13H21N3S/c1-9-5-11(7-16(9)12-3-4-12)14-6-13-10(2)15-8-17-13/h8-9,11-12,14H,3-7H2,1-2H3. The molecule has 0 aromatic carbocycles. The molecule has 4 heteroatoms. The molecular formula is C13H21N3S. The summed E-state index contributed by atoms with van der Waals surface area (Å²) in [5.74, 6) is 0. The summed E-state index contributed by atoms with van der Waals surface area (Å²) in [7, 11) is 0. The van der Waals surface area contributed by atoms with Crippen LogP contribution in [0.3, 0.4) is 0 Å². The number of likely N-dealkylation sites (tertiary alicyclic amines) is 1. The number of hydrogen-bond acceptors (Lipinski definition) is 4. The third kappa shape index (κ3) is 2.54. The molecule has 2 aliphatic rings. The van der Waals surface area contributed by atoms with Crippen molar-refractivity contribution >= 4 is 11.3 Å². The summed E-state index contributed by atoms with van der Waals surface area (Å²) in [5.41, 5.74) is 3.13. The Hall–Kier alpha value is -0.450. The lowest BCUT2D eigenvalue weighted by Crippen LogP contribution is -2.33. The van der Waals surface area contributed by atoms with Crippen molar-refractivity contribution in [2.24, 2.45) is 0 Å². The average Bonchev–Trinajstić information content (AvgIpc) is 2.96. The first-order valence-electron chi connectivity index (χ1n) is 6.62. The summed E-state index contributed by atoms with van der Waals surface area (Å²) in [6.45, 7) is 6.70. The molecular weight excluding hydrogens is 230 g/mol. The second-order valence-electron chi connectivity index (χ2n) is 5.45. The smallest absolute Gasteiger partial charge is 0.0798 e. The van der Waals surface area contributed by atoms with E-state index in [1.165, 1.54) is 36.4 Å². The molecule has 0 amide bonds. The van der Waals surface area contributed by atoms with E-state index in [0.717, 1.165) is 18.6 Å². The van der Waals surface area contributed by atoms with Crippen LogP contribution in [0, 0.1) is 6.92 Å². The predicted molar refractivity (Wildman–Crippen MR) is 71.3 cm³/mol. The van der Waals surface area contributed by atoms with Crippen molar-refractivity contribution in [1.29, 1.82) is 0 Å². The average molecular weight is 251 g/mol. The zero-order chi connectivity index (χ0) is 11.8. The molecule has 17 heavy (non-hydrogen) atoms. The number of nitrogens with one attached hydrogen (secondary N) is 1. The lowest BCUT2D eigenvalue weighted by atomic mass is 10.2. The van der Waals surface area contributed by atoms with E-state index in [2.05, 4.69) is 29.0 Å². The summed E-state index contributed by atoms with van der Waals surface area (Å²) in [6, 6.07) is 2.34. The first-order chi connectivity index (χ1) is 8.24. The van der Waals surface area contributed by atoms with E-state index in [0.29, 0.717) is 6.04 Å². The minimum atomic E-state index is 0.673. The van der Waals surface area contributed by atoms with E-state index in [9.17, 15) is 0 Å². The van der Waals surface area contributed by atoms with Crippen molar-refractivity contribution in [2.45, 2.75) is 57.8 Å². The molecule has 0 bridgehead atoms. The molecule has 0 radical (unpaired) electrons. The van der Waals surface area contributed by atoms with Crippen LogP contribution in [0.5, 0.6) is 0 Å². The minimum absolute atomic E-state index is 0.673. The van der Waals surface area contributed by atoms with Gasteiger partial charge in [0.25, 0.3) is 0 Å². The number of rotatable bonds is 4. The van der Waals surface area contributed by atoms with Gasteiger partial charge in [-0.1, -0.05) is 0 Å². The normalized spacial score (nSPS) is 30.0. The van der Waals surface area contributed by atoms with Crippen LogP contribution < -0.4 is 5.32 Å². The molecule has 0 spiro atoms. The van der Waals surface area contributed by atoms with E-state index in [-0.39, 0.29) is 0 Å². The molecule has 1 aromatic heterocycles. The van der Waals surface area contributed by atoms with Gasteiger partial charge in [-0.05, 0) is 33.1 Å². The highest BCUT2D eigenvalue weighted by molar-refractivity contribution is 7.09. The first-order valence-corrected chi connectivity index (χ1v) is 7.50. The topological polar surface area (TPSA) is 28.2 Å². The Morgan fingerprint density at radius 3 is 3.00 bits per heavy atom. The molecule has 1 aromatic rings. The van der Waals surface area contributed by atoms with Gasteiger partial charge < -0.3 is 5.32 Å². The molecule has 1 N–H and O–H groups in total. The fourth-order valence-electron chi connectivity index (χ4n) is 2.85. The van der Waals surface area contributed by atoms with Crippen molar-refractivity contribution < 1.29 is 0 Å². The summed E-state index contributed by atoms with van der Waals surface area (Å²) < 4.78 is 0. The third-order valence-electron chi connectivity index (χ3n) is 4.04. The van der Waals surface area contributed by atoms with Crippen molar-refractivity contribution in [1.82, 2.24) is 15.2 Å². The summed E-state index contributed by atoms with van der Waals surface area (Å²) >= 11 is 1.77. The van der Waals surface area contributed by atoms with E-state index in [1.54, 1.807) is 11.3 Å². The maximum atomic E-state index is 4.30. The Labute approximate surface area is 107 Å². The SMILES string of the molecule is Cc1ncsc1CNC1CC(C)N(C2CC2)C1. The van der Waals surface area contributed by atoms with Crippen LogP contribution in [-0.4, -0.2) is 34.6 Å². The lowest BCUT2D eigenvalue weighted by molar-refractivity contribution is 0.255. The molecule has 1 saturated heterocycles. The van der Waals surface area contributed by atoms with Gasteiger partial charge >= 0.3 is 0 Å². The maximum Gasteiger partial charge on any atom is 0.0798 e. The van der Waals surface area contributed by atoms with Gasteiger partial charge in [-0.2, -0.15) is 0 Å². The number of nitrogens with zero attached hydrogens (tertiary/aromatic N) is 2. The molecule has 2 fully saturated rings. The fourth-order valence-corrected chi connectivity index (χ4v) is 3.58. The van der Waals surface area contributed by atoms with Crippen LogP contribution in [0.25, 0.3) is 0 Å². The van der Waals surface area contributed by atoms with Gasteiger partial charge in [0.2, 0.25) is 0 Å². The van der Waals surface area contributed by atoms with Gasteiger partial charge in [0, 0.05) is 36.1 Å². The molecule has 1 aliphatic carbocycles. The van der Waals surface area contributed by atoms with Crippen LogP contribution in [0.4, 0.5) is 0 Å². The van der Waals surface area contributed by atoms with Gasteiger partial charge in [0.1, 0.15) is 0 Å².